The van der Waals surface area contributed by atoms with Gasteiger partial charge in [-0.3, -0.25) is 9.36 Å². The van der Waals surface area contributed by atoms with Crippen molar-refractivity contribution < 1.29 is 23.4 Å². The first-order valence-electron chi connectivity index (χ1n) is 16.5. The molecule has 7 nitrogen and oxygen atoms in total. The van der Waals surface area contributed by atoms with Crippen LogP contribution in [0.4, 0.5) is 0 Å². The highest BCUT2D eigenvalue weighted by molar-refractivity contribution is 7.59. The normalized spacial score (nSPS) is 14.1. The number of nitrogens with one attached hydrogen (secondary N) is 1. The number of hydrogen-bond donors (Lipinski definition) is 2. The highest BCUT2D eigenvalue weighted by Crippen LogP contribution is 2.53. The van der Waals surface area contributed by atoms with Crippen molar-refractivity contribution >= 4 is 19.2 Å². The van der Waals surface area contributed by atoms with Crippen molar-refractivity contribution in [3.8, 4) is 0 Å². The maximum absolute atomic E-state index is 14.9. The van der Waals surface area contributed by atoms with E-state index in [1.54, 1.807) is 0 Å². The second-order valence-corrected chi connectivity index (χ2v) is 14.9. The average Bonchev–Trinajstić information content (AvgIpc) is 3.14. The van der Waals surface area contributed by atoms with E-state index in [1.165, 1.54) is 0 Å². The lowest BCUT2D eigenvalue weighted by atomic mass is 9.99. The first-order valence-corrected chi connectivity index (χ1v) is 18.4. The monoisotopic (exact) mass is 674 g/mol. The molecule has 5 aromatic carbocycles. The minimum Gasteiger partial charge on any atom is -0.459 e. The Morgan fingerprint density at radius 3 is 1.47 bits per heavy atom. The predicted molar refractivity (Wildman–Crippen MR) is 194 cm³/mol. The van der Waals surface area contributed by atoms with Gasteiger partial charge < -0.3 is 20.3 Å². The van der Waals surface area contributed by atoms with E-state index in [9.17, 15) is 14.2 Å². The molecule has 0 heterocycles. The fourth-order valence-corrected chi connectivity index (χ4v) is 7.98. The van der Waals surface area contributed by atoms with Crippen molar-refractivity contribution in [3.05, 3.63) is 179 Å². The summed E-state index contributed by atoms with van der Waals surface area (Å²) in [7, 11) is -3.67. The quantitative estimate of drug-likeness (QED) is 0.0790. The zero-order valence-corrected chi connectivity index (χ0v) is 28.4. The smallest absolute Gasteiger partial charge is 0.329 e. The van der Waals surface area contributed by atoms with Gasteiger partial charge in [0.25, 0.3) is 0 Å². The summed E-state index contributed by atoms with van der Waals surface area (Å²) in [6, 6.07) is 46.5. The molecule has 0 spiro atoms. The summed E-state index contributed by atoms with van der Waals surface area (Å²) in [5.41, 5.74) is 11.1. The lowest BCUT2D eigenvalue weighted by molar-refractivity contribution is -0.149. The van der Waals surface area contributed by atoms with E-state index in [0.717, 1.165) is 27.8 Å². The number of carbonyl (C=O) groups is 2. The standard InChI is InChI=1S/C41H43N2O5P/c42-39(28-34-20-10-3-11-21-34)49(46,48-30-36-24-14-5-15-25-36)31-37(26-32-16-6-1-7-17-32)40(44)43-38(27-33-18-8-2-9-19-33)41(45)47-29-35-22-12-4-13-23-35/h1-25,37-39H,26-31,42H2,(H,43,44)/t37?,38-,39?,49?/m0/s1. The van der Waals surface area contributed by atoms with Gasteiger partial charge in [0, 0.05) is 12.6 Å². The Morgan fingerprint density at radius 2 is 0.980 bits per heavy atom. The van der Waals surface area contributed by atoms with E-state index in [2.05, 4.69) is 5.32 Å². The zero-order chi connectivity index (χ0) is 34.3. The molecule has 0 bridgehead atoms. The van der Waals surface area contributed by atoms with Crippen LogP contribution in [0.15, 0.2) is 152 Å². The van der Waals surface area contributed by atoms with E-state index >= 15 is 0 Å². The summed E-state index contributed by atoms with van der Waals surface area (Å²) in [4.78, 5) is 27.9. The van der Waals surface area contributed by atoms with Crippen LogP contribution in [0, 0.1) is 5.92 Å². The SMILES string of the molecule is NC(Cc1ccccc1)P(=O)(CC(Cc1ccccc1)C(=O)N[C@@H](Cc1ccccc1)C(=O)OCc1ccccc1)OCc1ccccc1. The Bertz CT molecular complexity index is 1770. The van der Waals surface area contributed by atoms with Crippen LogP contribution in [-0.2, 0) is 55.9 Å². The van der Waals surface area contributed by atoms with Gasteiger partial charge in [-0.25, -0.2) is 4.79 Å². The average molecular weight is 675 g/mol. The molecule has 0 radical (unpaired) electrons. The number of nitrogens with two attached hydrogens (primary N) is 1. The Morgan fingerprint density at radius 1 is 0.571 bits per heavy atom. The Hall–Kier alpha value is -4.81. The third kappa shape index (κ3) is 11.1. The summed E-state index contributed by atoms with van der Waals surface area (Å²) in [5, 5.41) is 2.98. The van der Waals surface area contributed by atoms with Crippen LogP contribution < -0.4 is 11.1 Å². The van der Waals surface area contributed by atoms with Crippen molar-refractivity contribution in [2.75, 3.05) is 6.16 Å². The molecule has 0 fully saturated rings. The first kappa shape index (κ1) is 35.5. The van der Waals surface area contributed by atoms with Gasteiger partial charge in [-0.15, -0.1) is 0 Å². The maximum Gasteiger partial charge on any atom is 0.329 e. The van der Waals surface area contributed by atoms with Gasteiger partial charge in [-0.2, -0.15) is 0 Å². The van der Waals surface area contributed by atoms with Gasteiger partial charge in [0.15, 0.2) is 0 Å². The zero-order valence-electron chi connectivity index (χ0n) is 27.5. The number of carbonyl (C=O) groups excluding carboxylic acids is 2. The van der Waals surface area contributed by atoms with Crippen molar-refractivity contribution in [3.63, 3.8) is 0 Å². The molecule has 3 unspecified atom stereocenters. The molecule has 3 N–H and O–H groups in total. The van der Waals surface area contributed by atoms with E-state index in [1.807, 2.05) is 152 Å². The van der Waals surface area contributed by atoms with Gasteiger partial charge in [-0.1, -0.05) is 152 Å². The highest BCUT2D eigenvalue weighted by atomic mass is 31.2. The second-order valence-electron chi connectivity index (χ2n) is 12.2. The van der Waals surface area contributed by atoms with E-state index in [-0.39, 0.29) is 32.2 Å². The summed E-state index contributed by atoms with van der Waals surface area (Å²) < 4.78 is 26.9. The van der Waals surface area contributed by atoms with E-state index in [4.69, 9.17) is 15.0 Å². The summed E-state index contributed by atoms with van der Waals surface area (Å²) in [6.45, 7) is 0.161. The molecule has 0 aliphatic carbocycles. The fraction of sp³-hybridized carbons (Fsp3) is 0.220. The van der Waals surface area contributed by atoms with Crippen LogP contribution >= 0.6 is 7.37 Å². The summed E-state index contributed by atoms with van der Waals surface area (Å²) in [6.07, 6.45) is 0.717. The Labute approximate surface area is 288 Å². The molecule has 1 amide bonds. The number of hydrogen-bond acceptors (Lipinski definition) is 6. The molecular formula is C41H43N2O5P. The summed E-state index contributed by atoms with van der Waals surface area (Å²) in [5.74, 6) is -2.65. The molecule has 49 heavy (non-hydrogen) atoms. The van der Waals surface area contributed by atoms with Crippen molar-refractivity contribution in [1.82, 2.24) is 5.32 Å². The van der Waals surface area contributed by atoms with Crippen LogP contribution in [0.2, 0.25) is 0 Å². The lowest BCUT2D eigenvalue weighted by Gasteiger charge is -2.29. The maximum atomic E-state index is 14.9. The van der Waals surface area contributed by atoms with Gasteiger partial charge in [0.05, 0.1) is 18.3 Å². The molecule has 252 valence electrons. The minimum atomic E-state index is -3.67. The van der Waals surface area contributed by atoms with Crippen LogP contribution in [0.1, 0.15) is 27.8 Å². The third-order valence-electron chi connectivity index (χ3n) is 8.36. The van der Waals surface area contributed by atoms with E-state index < -0.39 is 37.0 Å². The van der Waals surface area contributed by atoms with Crippen molar-refractivity contribution in [2.24, 2.45) is 11.7 Å². The topological polar surface area (TPSA) is 108 Å². The number of esters is 1. The Kier molecular flexibility index (Phi) is 13.1. The molecule has 0 aliphatic heterocycles. The highest BCUT2D eigenvalue weighted by Gasteiger charge is 2.38. The largest absolute Gasteiger partial charge is 0.459 e. The van der Waals surface area contributed by atoms with Crippen molar-refractivity contribution in [1.29, 1.82) is 0 Å². The van der Waals surface area contributed by atoms with Crippen LogP contribution in [0.25, 0.3) is 0 Å². The molecule has 0 aliphatic rings. The molecule has 0 aromatic heterocycles. The number of rotatable bonds is 17. The van der Waals surface area contributed by atoms with Crippen LogP contribution in [0.3, 0.4) is 0 Å². The third-order valence-corrected chi connectivity index (χ3v) is 11.1. The molecule has 4 atom stereocenters. The molecule has 5 aromatic rings. The van der Waals surface area contributed by atoms with Crippen molar-refractivity contribution in [2.45, 2.75) is 44.3 Å². The molecular weight excluding hydrogens is 631 g/mol. The van der Waals surface area contributed by atoms with Gasteiger partial charge in [0.2, 0.25) is 13.3 Å². The molecule has 5 rings (SSSR count). The first-order chi connectivity index (χ1) is 23.9. The second kappa shape index (κ2) is 18.1. The van der Waals surface area contributed by atoms with Gasteiger partial charge in [0.1, 0.15) is 12.6 Å². The number of benzene rings is 5. The minimum absolute atomic E-state index is 0.0745. The Balaban J connectivity index is 1.41. The lowest BCUT2D eigenvalue weighted by Crippen LogP contribution is -2.47. The van der Waals surface area contributed by atoms with Gasteiger partial charge >= 0.3 is 5.97 Å². The predicted octanol–water partition coefficient (Wildman–Crippen LogP) is 7.34. The molecule has 0 saturated heterocycles. The molecule has 0 saturated carbocycles. The summed E-state index contributed by atoms with van der Waals surface area (Å²) >= 11 is 0. The fourth-order valence-electron chi connectivity index (χ4n) is 5.64. The molecule has 8 heteroatoms. The van der Waals surface area contributed by atoms with Crippen LogP contribution in [0.5, 0.6) is 0 Å². The van der Waals surface area contributed by atoms with E-state index in [0.29, 0.717) is 6.42 Å². The van der Waals surface area contributed by atoms with Crippen LogP contribution in [-0.4, -0.2) is 29.9 Å². The number of ether oxygens (including phenoxy) is 1. The van der Waals surface area contributed by atoms with Gasteiger partial charge in [-0.05, 0) is 40.7 Å². The number of amides is 1.